The highest BCUT2D eigenvalue weighted by Crippen LogP contribution is 2.13. The third-order valence-corrected chi connectivity index (χ3v) is 1.40. The molecular formula is C5H7F2NO. The van der Waals surface area contributed by atoms with Crippen molar-refractivity contribution in [1.29, 1.82) is 0 Å². The van der Waals surface area contributed by atoms with Crippen molar-refractivity contribution >= 4 is 5.91 Å². The summed E-state index contributed by atoms with van der Waals surface area (Å²) in [5.41, 5.74) is 0. The molecule has 0 saturated carbocycles. The molecule has 4 heteroatoms. The summed E-state index contributed by atoms with van der Waals surface area (Å²) in [5, 5.41) is 2.22. The molecule has 0 aromatic rings. The van der Waals surface area contributed by atoms with Crippen LogP contribution >= 0.6 is 0 Å². The van der Waals surface area contributed by atoms with Gasteiger partial charge in [-0.2, -0.15) is 0 Å². The van der Waals surface area contributed by atoms with Crippen LogP contribution in [0.3, 0.4) is 0 Å². The van der Waals surface area contributed by atoms with E-state index in [4.69, 9.17) is 0 Å². The molecule has 0 aromatic heterocycles. The Morgan fingerprint density at radius 3 is 2.67 bits per heavy atom. The number of alkyl halides is 2. The van der Waals surface area contributed by atoms with Gasteiger partial charge in [0.05, 0.1) is 6.67 Å². The van der Waals surface area contributed by atoms with E-state index in [0.717, 1.165) is 0 Å². The van der Waals surface area contributed by atoms with Gasteiger partial charge in [-0.05, 0) is 0 Å². The van der Waals surface area contributed by atoms with E-state index in [1.54, 1.807) is 0 Å². The van der Waals surface area contributed by atoms with Crippen LogP contribution < -0.4 is 5.32 Å². The van der Waals surface area contributed by atoms with Crippen molar-refractivity contribution in [3.05, 3.63) is 0 Å². The van der Waals surface area contributed by atoms with Crippen LogP contribution in [0.5, 0.6) is 0 Å². The Bertz CT molecular complexity index is 128. The van der Waals surface area contributed by atoms with Gasteiger partial charge in [-0.15, -0.1) is 0 Å². The highest BCUT2D eigenvalue weighted by atomic mass is 19.1. The van der Waals surface area contributed by atoms with Gasteiger partial charge in [0, 0.05) is 12.5 Å². The zero-order valence-corrected chi connectivity index (χ0v) is 4.73. The number of hydrogen-bond donors (Lipinski definition) is 1. The average Bonchev–Trinajstić information content (AvgIpc) is 2.15. The lowest BCUT2D eigenvalue weighted by Gasteiger charge is -2.00. The van der Waals surface area contributed by atoms with Crippen LogP contribution in [0, 0.1) is 5.92 Å². The van der Waals surface area contributed by atoms with Crippen molar-refractivity contribution < 1.29 is 13.6 Å². The molecule has 0 aliphatic carbocycles. The van der Waals surface area contributed by atoms with Crippen LogP contribution in [-0.4, -0.2) is 25.3 Å². The van der Waals surface area contributed by atoms with Gasteiger partial charge in [0.25, 0.3) is 5.91 Å². The maximum Gasteiger partial charge on any atom is 0.255 e. The molecule has 2 nitrogen and oxygen atoms in total. The first-order valence-corrected chi connectivity index (χ1v) is 2.73. The first-order valence-electron chi connectivity index (χ1n) is 2.73. The maximum atomic E-state index is 12.3. The molecule has 52 valence electrons. The van der Waals surface area contributed by atoms with Gasteiger partial charge in [-0.1, -0.05) is 0 Å². The largest absolute Gasteiger partial charge is 0.353 e. The molecule has 1 heterocycles. The number of carbonyl (C=O) groups excluding carboxylic acids is 1. The second kappa shape index (κ2) is 2.29. The van der Waals surface area contributed by atoms with Crippen molar-refractivity contribution in [2.75, 3.05) is 13.2 Å². The molecule has 1 N–H and O–H groups in total. The van der Waals surface area contributed by atoms with Gasteiger partial charge in [-0.25, -0.2) is 4.39 Å². The Morgan fingerprint density at radius 2 is 2.44 bits per heavy atom. The van der Waals surface area contributed by atoms with Gasteiger partial charge in [0.1, 0.15) is 0 Å². The number of hydrogen-bond acceptors (Lipinski definition) is 1. The molecule has 1 amide bonds. The molecule has 1 rings (SSSR count). The Hall–Kier alpha value is -0.670. The molecule has 2 atom stereocenters. The van der Waals surface area contributed by atoms with Crippen LogP contribution in [0.1, 0.15) is 0 Å². The highest BCUT2D eigenvalue weighted by Gasteiger charge is 2.34. The van der Waals surface area contributed by atoms with Gasteiger partial charge in [0.15, 0.2) is 6.17 Å². The smallest absolute Gasteiger partial charge is 0.255 e. The second-order valence-electron chi connectivity index (χ2n) is 2.06. The monoisotopic (exact) mass is 135 g/mol. The second-order valence-corrected chi connectivity index (χ2v) is 2.06. The lowest BCUT2D eigenvalue weighted by atomic mass is 10.1. The van der Waals surface area contributed by atoms with E-state index in [-0.39, 0.29) is 6.54 Å². The van der Waals surface area contributed by atoms with E-state index in [1.165, 1.54) is 0 Å². The van der Waals surface area contributed by atoms with E-state index in [9.17, 15) is 13.6 Å². The van der Waals surface area contributed by atoms with Crippen LogP contribution in [-0.2, 0) is 4.79 Å². The fourth-order valence-electron chi connectivity index (χ4n) is 0.780. The fraction of sp³-hybridized carbons (Fsp3) is 0.800. The van der Waals surface area contributed by atoms with Gasteiger partial charge in [0.2, 0.25) is 0 Å². The number of rotatable bonds is 1. The van der Waals surface area contributed by atoms with E-state index in [2.05, 4.69) is 5.32 Å². The lowest BCUT2D eigenvalue weighted by Crippen LogP contribution is -2.20. The van der Waals surface area contributed by atoms with Crippen molar-refractivity contribution in [3.8, 4) is 0 Å². The van der Waals surface area contributed by atoms with Crippen LogP contribution in [0.4, 0.5) is 8.78 Å². The summed E-state index contributed by atoms with van der Waals surface area (Å²) in [6.07, 6.45) is -1.63. The molecule has 0 bridgehead atoms. The van der Waals surface area contributed by atoms with Crippen LogP contribution in [0.2, 0.25) is 0 Å². The molecule has 1 aliphatic rings. The molecule has 0 unspecified atom stereocenters. The zero-order chi connectivity index (χ0) is 6.85. The summed E-state index contributed by atoms with van der Waals surface area (Å²) in [6.45, 7) is -0.629. The Kier molecular flexibility index (Phi) is 1.64. The van der Waals surface area contributed by atoms with Crippen molar-refractivity contribution in [3.63, 3.8) is 0 Å². The first kappa shape index (κ1) is 6.45. The molecule has 1 aliphatic heterocycles. The maximum absolute atomic E-state index is 12.3. The Balaban J connectivity index is 2.51. The molecule has 0 spiro atoms. The summed E-state index contributed by atoms with van der Waals surface area (Å²) in [4.78, 5) is 10.3. The molecule has 0 aromatic carbocycles. The number of carbonyl (C=O) groups is 1. The molecule has 9 heavy (non-hydrogen) atoms. The normalized spacial score (nSPS) is 34.7. The molecule has 0 radical (unpaired) electrons. The Labute approximate surface area is 51.2 Å². The minimum Gasteiger partial charge on any atom is -0.353 e. The standard InChI is InChI=1S/C5H7F2NO/c6-1-3-2-8-5(9)4(3)7/h3-4H,1-2H2,(H,8,9)/t3-,4-/m0/s1. The van der Waals surface area contributed by atoms with E-state index >= 15 is 0 Å². The minimum atomic E-state index is -1.63. The molecule has 1 saturated heterocycles. The van der Waals surface area contributed by atoms with Gasteiger partial charge >= 0.3 is 0 Å². The number of amides is 1. The summed E-state index contributed by atoms with van der Waals surface area (Å²) in [5.74, 6) is -1.44. The topological polar surface area (TPSA) is 29.1 Å². The summed E-state index contributed by atoms with van der Waals surface area (Å²) in [7, 11) is 0. The summed E-state index contributed by atoms with van der Waals surface area (Å²) >= 11 is 0. The van der Waals surface area contributed by atoms with Gasteiger partial charge < -0.3 is 5.32 Å². The first-order chi connectivity index (χ1) is 4.25. The van der Waals surface area contributed by atoms with E-state index in [0.29, 0.717) is 0 Å². The number of nitrogens with one attached hydrogen (secondary N) is 1. The van der Waals surface area contributed by atoms with Crippen LogP contribution in [0.15, 0.2) is 0 Å². The molecule has 1 fully saturated rings. The predicted octanol–water partition coefficient (Wildman–Crippen LogP) is 0.0400. The van der Waals surface area contributed by atoms with Crippen molar-refractivity contribution in [2.24, 2.45) is 5.92 Å². The SMILES string of the molecule is O=C1NC[C@H](CF)[C@@H]1F. The van der Waals surface area contributed by atoms with Crippen molar-refractivity contribution in [1.82, 2.24) is 5.32 Å². The van der Waals surface area contributed by atoms with E-state index < -0.39 is 24.7 Å². The zero-order valence-electron chi connectivity index (χ0n) is 4.73. The summed E-state index contributed by atoms with van der Waals surface area (Å²) < 4.78 is 24.0. The number of halogens is 2. The molecular weight excluding hydrogens is 128 g/mol. The van der Waals surface area contributed by atoms with Gasteiger partial charge in [-0.3, -0.25) is 9.18 Å². The lowest BCUT2D eigenvalue weighted by molar-refractivity contribution is -0.123. The van der Waals surface area contributed by atoms with Crippen LogP contribution in [0.25, 0.3) is 0 Å². The van der Waals surface area contributed by atoms with Crippen molar-refractivity contribution in [2.45, 2.75) is 6.17 Å². The Morgan fingerprint density at radius 1 is 1.78 bits per heavy atom. The predicted molar refractivity (Wildman–Crippen MR) is 27.4 cm³/mol. The average molecular weight is 135 g/mol. The fourth-order valence-corrected chi connectivity index (χ4v) is 0.780. The third-order valence-electron chi connectivity index (χ3n) is 1.40. The third kappa shape index (κ3) is 1.01. The van der Waals surface area contributed by atoms with E-state index in [1.807, 2.05) is 0 Å². The minimum absolute atomic E-state index is 0.135. The summed E-state index contributed by atoms with van der Waals surface area (Å²) in [6, 6.07) is 0. The quantitative estimate of drug-likeness (QED) is 0.540. The highest BCUT2D eigenvalue weighted by molar-refractivity contribution is 5.83.